The molecule has 4 atom stereocenters. The summed E-state index contributed by atoms with van der Waals surface area (Å²) in [7, 11) is 0. The van der Waals surface area contributed by atoms with Gasteiger partial charge >= 0.3 is 0 Å². The van der Waals surface area contributed by atoms with E-state index in [1.165, 1.54) is 11.1 Å². The van der Waals surface area contributed by atoms with Crippen LogP contribution in [0, 0.1) is 17.3 Å². The highest BCUT2D eigenvalue weighted by Gasteiger charge is 2.53. The van der Waals surface area contributed by atoms with Gasteiger partial charge in [-0.3, -0.25) is 14.8 Å². The third-order valence-electron chi connectivity index (χ3n) is 7.11. The van der Waals surface area contributed by atoms with Crippen LogP contribution in [-0.4, -0.2) is 47.6 Å². The van der Waals surface area contributed by atoms with Crippen molar-refractivity contribution in [2.24, 2.45) is 17.3 Å². The molecule has 4 unspecified atom stereocenters. The molecule has 5 rings (SSSR count). The topological polar surface area (TPSA) is 81.7 Å². The Morgan fingerprint density at radius 3 is 2.81 bits per heavy atom. The lowest BCUT2D eigenvalue weighted by molar-refractivity contribution is -0.144. The molecular formula is C20H25N3O3. The molecule has 138 valence electrons. The number of benzene rings is 1. The first kappa shape index (κ1) is 16.3. The van der Waals surface area contributed by atoms with E-state index in [0.717, 1.165) is 38.9 Å². The van der Waals surface area contributed by atoms with Crippen LogP contribution in [0.15, 0.2) is 24.3 Å². The van der Waals surface area contributed by atoms with Gasteiger partial charge < -0.3 is 10.2 Å². The van der Waals surface area contributed by atoms with E-state index in [1.807, 2.05) is 4.90 Å². The van der Waals surface area contributed by atoms with Crippen LogP contribution < -0.4 is 10.8 Å². The number of rotatable bonds is 2. The van der Waals surface area contributed by atoms with Crippen LogP contribution in [0.25, 0.3) is 0 Å². The predicted octanol–water partition coefficient (Wildman–Crippen LogP) is 1.05. The van der Waals surface area contributed by atoms with E-state index in [9.17, 15) is 9.59 Å². The maximum atomic E-state index is 13.2. The molecule has 1 saturated carbocycles. The molecule has 1 spiro atoms. The Kier molecular flexibility index (Phi) is 3.62. The van der Waals surface area contributed by atoms with Crippen molar-refractivity contribution in [3.05, 3.63) is 35.4 Å². The maximum absolute atomic E-state index is 13.2. The van der Waals surface area contributed by atoms with Gasteiger partial charge in [0.1, 0.15) is 0 Å². The van der Waals surface area contributed by atoms with E-state index in [-0.39, 0.29) is 11.3 Å². The Bertz CT molecular complexity index is 760. The lowest BCUT2D eigenvalue weighted by atomic mass is 9.81. The highest BCUT2D eigenvalue weighted by atomic mass is 16.5. The zero-order chi connectivity index (χ0) is 17.9. The molecule has 0 aromatic heterocycles. The molecule has 3 fully saturated rings. The summed E-state index contributed by atoms with van der Waals surface area (Å²) in [5, 5.41) is 12.5. The van der Waals surface area contributed by atoms with Crippen LogP contribution in [-0.2, 0) is 16.0 Å². The lowest BCUT2D eigenvalue weighted by Gasteiger charge is -2.37. The Morgan fingerprint density at radius 2 is 2.04 bits per heavy atom. The standard InChI is InChI=1S/C20H25N3O3/c24-18(22-26)15-8-20(5-6-20)11-21-17(15)19(25)23-9-13-7-12-3-1-2-4-14(12)16(13)10-23/h1-4,13,15-17,21,26H,5-11H2,(H,22,24). The van der Waals surface area contributed by atoms with Gasteiger partial charge in [0.25, 0.3) is 0 Å². The SMILES string of the molecule is O=C(NO)C1CC2(CC2)CNC1C(=O)N1CC2Cc3ccccc3C2C1. The fourth-order valence-corrected chi connectivity index (χ4v) is 5.44. The number of carbonyl (C=O) groups is 2. The van der Waals surface area contributed by atoms with E-state index < -0.39 is 17.9 Å². The zero-order valence-corrected chi connectivity index (χ0v) is 14.8. The van der Waals surface area contributed by atoms with Crippen LogP contribution in [0.1, 0.15) is 36.3 Å². The molecule has 3 N–H and O–H groups in total. The first-order chi connectivity index (χ1) is 12.6. The number of piperidine rings is 1. The third-order valence-corrected chi connectivity index (χ3v) is 7.11. The maximum Gasteiger partial charge on any atom is 0.248 e. The Labute approximate surface area is 152 Å². The van der Waals surface area contributed by atoms with Crippen molar-refractivity contribution in [1.82, 2.24) is 15.7 Å². The Balaban J connectivity index is 1.33. The third kappa shape index (κ3) is 2.47. The quantitative estimate of drug-likeness (QED) is 0.547. The monoisotopic (exact) mass is 355 g/mol. The first-order valence-electron chi connectivity index (χ1n) is 9.64. The molecule has 2 aliphatic carbocycles. The smallest absolute Gasteiger partial charge is 0.248 e. The highest BCUT2D eigenvalue weighted by molar-refractivity contribution is 5.90. The summed E-state index contributed by atoms with van der Waals surface area (Å²) in [6, 6.07) is 8.01. The fourth-order valence-electron chi connectivity index (χ4n) is 5.44. The molecule has 6 heteroatoms. The second-order valence-corrected chi connectivity index (χ2v) is 8.66. The minimum Gasteiger partial charge on any atom is -0.340 e. The molecule has 2 aliphatic heterocycles. The van der Waals surface area contributed by atoms with Gasteiger partial charge in [-0.2, -0.15) is 0 Å². The minimum atomic E-state index is -0.526. The highest BCUT2D eigenvalue weighted by Crippen LogP contribution is 2.53. The minimum absolute atomic E-state index is 0.0148. The van der Waals surface area contributed by atoms with E-state index in [2.05, 4.69) is 29.6 Å². The second-order valence-electron chi connectivity index (χ2n) is 8.66. The van der Waals surface area contributed by atoms with Crippen LogP contribution in [0.2, 0.25) is 0 Å². The number of fused-ring (bicyclic) bond motifs is 3. The zero-order valence-electron chi connectivity index (χ0n) is 14.8. The first-order valence-corrected chi connectivity index (χ1v) is 9.64. The molecule has 2 amide bonds. The molecule has 1 aromatic rings. The van der Waals surface area contributed by atoms with E-state index in [1.54, 1.807) is 5.48 Å². The molecule has 26 heavy (non-hydrogen) atoms. The van der Waals surface area contributed by atoms with E-state index in [4.69, 9.17) is 5.21 Å². The fraction of sp³-hybridized carbons (Fsp3) is 0.600. The Hall–Kier alpha value is -1.92. The van der Waals surface area contributed by atoms with Gasteiger partial charge in [0, 0.05) is 25.6 Å². The molecule has 2 saturated heterocycles. The molecule has 1 aromatic carbocycles. The molecule has 0 bridgehead atoms. The van der Waals surface area contributed by atoms with Crippen LogP contribution in [0.3, 0.4) is 0 Å². The number of nitrogens with zero attached hydrogens (tertiary/aromatic N) is 1. The van der Waals surface area contributed by atoms with Crippen molar-refractivity contribution < 1.29 is 14.8 Å². The number of carbonyl (C=O) groups excluding carboxylic acids is 2. The average Bonchev–Trinajstić information content (AvgIpc) is 3.13. The van der Waals surface area contributed by atoms with Gasteiger partial charge in [0.2, 0.25) is 11.8 Å². The molecule has 2 heterocycles. The van der Waals surface area contributed by atoms with Gasteiger partial charge in [-0.05, 0) is 48.1 Å². The number of hydroxylamine groups is 1. The number of likely N-dealkylation sites (tertiary alicyclic amines) is 1. The van der Waals surface area contributed by atoms with Gasteiger partial charge in [0.15, 0.2) is 0 Å². The number of hydrogen-bond acceptors (Lipinski definition) is 4. The largest absolute Gasteiger partial charge is 0.340 e. The Morgan fingerprint density at radius 1 is 1.23 bits per heavy atom. The number of nitrogens with one attached hydrogen (secondary N) is 2. The van der Waals surface area contributed by atoms with Crippen molar-refractivity contribution in [3.8, 4) is 0 Å². The van der Waals surface area contributed by atoms with Crippen LogP contribution in [0.5, 0.6) is 0 Å². The van der Waals surface area contributed by atoms with Gasteiger partial charge in [0.05, 0.1) is 12.0 Å². The van der Waals surface area contributed by atoms with Crippen molar-refractivity contribution in [3.63, 3.8) is 0 Å². The van der Waals surface area contributed by atoms with E-state index >= 15 is 0 Å². The predicted molar refractivity (Wildman–Crippen MR) is 94.5 cm³/mol. The van der Waals surface area contributed by atoms with Crippen LogP contribution >= 0.6 is 0 Å². The van der Waals surface area contributed by atoms with Crippen molar-refractivity contribution in [1.29, 1.82) is 0 Å². The summed E-state index contributed by atoms with van der Waals surface area (Å²) in [6.45, 7) is 2.29. The molecular weight excluding hydrogens is 330 g/mol. The van der Waals surface area contributed by atoms with Gasteiger partial charge in [-0.1, -0.05) is 24.3 Å². The average molecular weight is 355 g/mol. The molecule has 0 radical (unpaired) electrons. The van der Waals surface area contributed by atoms with Gasteiger partial charge in [-0.25, -0.2) is 5.48 Å². The van der Waals surface area contributed by atoms with Crippen molar-refractivity contribution in [2.45, 2.75) is 37.6 Å². The number of hydrogen-bond donors (Lipinski definition) is 3. The molecule has 4 aliphatic rings. The summed E-state index contributed by atoms with van der Waals surface area (Å²) in [5.41, 5.74) is 4.74. The normalized spacial score (nSPS) is 33.7. The lowest BCUT2D eigenvalue weighted by Crippen LogP contribution is -2.58. The molecule has 6 nitrogen and oxygen atoms in total. The summed E-state index contributed by atoms with van der Waals surface area (Å²) < 4.78 is 0. The number of amides is 2. The van der Waals surface area contributed by atoms with Gasteiger partial charge in [-0.15, -0.1) is 0 Å². The summed E-state index contributed by atoms with van der Waals surface area (Å²) in [4.78, 5) is 27.3. The summed E-state index contributed by atoms with van der Waals surface area (Å²) in [5.74, 6) is -0.0116. The van der Waals surface area contributed by atoms with E-state index in [0.29, 0.717) is 18.3 Å². The van der Waals surface area contributed by atoms with Crippen LogP contribution in [0.4, 0.5) is 0 Å². The summed E-state index contributed by atoms with van der Waals surface area (Å²) in [6.07, 6.45) is 3.92. The summed E-state index contributed by atoms with van der Waals surface area (Å²) >= 11 is 0. The van der Waals surface area contributed by atoms with Crippen molar-refractivity contribution in [2.75, 3.05) is 19.6 Å². The second kappa shape index (κ2) is 5.79. The van der Waals surface area contributed by atoms with Crippen molar-refractivity contribution >= 4 is 11.8 Å².